The molecule has 0 aliphatic carbocycles. The minimum Gasteiger partial charge on any atom is -0.393 e. The number of aliphatic hydroxyl groups excluding tert-OH is 1. The van der Waals surface area contributed by atoms with Gasteiger partial charge in [-0.25, -0.2) is 4.98 Å². The predicted molar refractivity (Wildman–Crippen MR) is 78.7 cm³/mol. The van der Waals surface area contributed by atoms with Crippen molar-refractivity contribution in [3.63, 3.8) is 0 Å². The molecule has 2 aromatic heterocycles. The lowest BCUT2D eigenvalue weighted by Crippen LogP contribution is -2.27. The number of hydrogen-bond acceptors (Lipinski definition) is 5. The number of thiophene rings is 1. The number of carbonyl (C=O) groups is 1. The largest absolute Gasteiger partial charge is 0.393 e. The van der Waals surface area contributed by atoms with Crippen molar-refractivity contribution < 1.29 is 9.90 Å². The van der Waals surface area contributed by atoms with E-state index in [-0.39, 0.29) is 12.0 Å². The maximum atomic E-state index is 11.9. The molecule has 102 valence electrons. The van der Waals surface area contributed by atoms with Gasteiger partial charge in [0.1, 0.15) is 10.7 Å². The van der Waals surface area contributed by atoms with Crippen LogP contribution in [0.5, 0.6) is 0 Å². The minimum absolute atomic E-state index is 0.178. The maximum Gasteiger partial charge on any atom is 0.270 e. The van der Waals surface area contributed by atoms with Crippen molar-refractivity contribution in [2.24, 2.45) is 0 Å². The number of aromatic nitrogens is 1. The van der Waals surface area contributed by atoms with Crippen LogP contribution in [0.25, 0.3) is 9.88 Å². The second kappa shape index (κ2) is 6.79. The van der Waals surface area contributed by atoms with Gasteiger partial charge in [-0.2, -0.15) is 0 Å². The number of thiazole rings is 1. The van der Waals surface area contributed by atoms with Crippen LogP contribution in [0, 0.1) is 0 Å². The summed E-state index contributed by atoms with van der Waals surface area (Å²) in [5.74, 6) is -0.178. The Morgan fingerprint density at radius 1 is 1.53 bits per heavy atom. The highest BCUT2D eigenvalue weighted by Gasteiger charge is 2.12. The van der Waals surface area contributed by atoms with Gasteiger partial charge in [-0.1, -0.05) is 13.0 Å². The van der Waals surface area contributed by atoms with Gasteiger partial charge < -0.3 is 10.4 Å². The fourth-order valence-corrected chi connectivity index (χ4v) is 3.15. The smallest absolute Gasteiger partial charge is 0.270 e. The van der Waals surface area contributed by atoms with Gasteiger partial charge in [-0.3, -0.25) is 4.79 Å². The quantitative estimate of drug-likeness (QED) is 0.861. The summed E-state index contributed by atoms with van der Waals surface area (Å²) in [5.41, 5.74) is 0.444. The first-order chi connectivity index (χ1) is 9.20. The highest BCUT2D eigenvalue weighted by Crippen LogP contribution is 2.27. The molecule has 0 saturated carbocycles. The summed E-state index contributed by atoms with van der Waals surface area (Å²) in [6, 6.07) is 3.95. The van der Waals surface area contributed by atoms with Crippen LogP contribution >= 0.6 is 22.7 Å². The molecular formula is C13H16N2O2S2. The molecule has 4 nitrogen and oxygen atoms in total. The van der Waals surface area contributed by atoms with Crippen LogP contribution in [0.3, 0.4) is 0 Å². The van der Waals surface area contributed by atoms with Crippen molar-refractivity contribution in [1.29, 1.82) is 0 Å². The molecule has 0 spiro atoms. The molecule has 1 amide bonds. The molecule has 0 aliphatic rings. The second-order valence-corrected chi connectivity index (χ2v) is 5.93. The average Bonchev–Trinajstić information content (AvgIpc) is 3.08. The maximum absolute atomic E-state index is 11.9. The van der Waals surface area contributed by atoms with Crippen LogP contribution < -0.4 is 5.32 Å². The number of hydrogen-bond donors (Lipinski definition) is 2. The van der Waals surface area contributed by atoms with E-state index < -0.39 is 0 Å². The van der Waals surface area contributed by atoms with Gasteiger partial charge in [-0.05, 0) is 24.3 Å². The number of aliphatic hydroxyl groups is 1. The summed E-state index contributed by atoms with van der Waals surface area (Å²) in [5, 5.41) is 16.8. The van der Waals surface area contributed by atoms with Gasteiger partial charge in [0.2, 0.25) is 0 Å². The lowest BCUT2D eigenvalue weighted by atomic mass is 10.2. The summed E-state index contributed by atoms with van der Waals surface area (Å²) < 4.78 is 0. The normalized spacial score (nSPS) is 12.3. The summed E-state index contributed by atoms with van der Waals surface area (Å²) >= 11 is 3.08. The van der Waals surface area contributed by atoms with E-state index in [1.54, 1.807) is 16.7 Å². The van der Waals surface area contributed by atoms with Crippen molar-refractivity contribution in [3.8, 4) is 9.88 Å². The fraction of sp³-hybridized carbons (Fsp3) is 0.385. The lowest BCUT2D eigenvalue weighted by Gasteiger charge is -2.07. The van der Waals surface area contributed by atoms with E-state index in [1.165, 1.54) is 11.3 Å². The number of nitrogens with one attached hydrogen (secondary N) is 1. The predicted octanol–water partition coefficient (Wildman–Crippen LogP) is 2.76. The first-order valence-corrected chi connectivity index (χ1v) is 7.92. The zero-order chi connectivity index (χ0) is 13.7. The molecule has 0 aromatic carbocycles. The molecule has 0 bridgehead atoms. The lowest BCUT2D eigenvalue weighted by molar-refractivity contribution is 0.0938. The van der Waals surface area contributed by atoms with Crippen LogP contribution in [-0.2, 0) is 0 Å². The Morgan fingerprint density at radius 2 is 2.37 bits per heavy atom. The summed E-state index contributed by atoms with van der Waals surface area (Å²) in [6.07, 6.45) is 0.927. The van der Waals surface area contributed by atoms with Gasteiger partial charge in [0.15, 0.2) is 0 Å². The Kier molecular flexibility index (Phi) is 5.07. The Hall–Kier alpha value is -1.24. The molecule has 1 unspecified atom stereocenters. The molecule has 19 heavy (non-hydrogen) atoms. The molecular weight excluding hydrogens is 280 g/mol. The molecule has 2 heterocycles. The van der Waals surface area contributed by atoms with Gasteiger partial charge in [0.05, 0.1) is 11.0 Å². The summed E-state index contributed by atoms with van der Waals surface area (Å²) in [4.78, 5) is 17.3. The molecule has 0 radical (unpaired) electrons. The summed E-state index contributed by atoms with van der Waals surface area (Å²) in [6.45, 7) is 2.39. The standard InChI is InChI=1S/C13H16N2O2S2/c1-2-9(16)5-6-14-12(17)10-8-19-13(15-10)11-4-3-7-18-11/h3-4,7-9,16H,2,5-6H2,1H3,(H,14,17). The highest BCUT2D eigenvalue weighted by atomic mass is 32.1. The molecule has 0 saturated heterocycles. The SMILES string of the molecule is CCC(O)CCNC(=O)c1csc(-c2cccs2)n1. The van der Waals surface area contributed by atoms with Crippen molar-refractivity contribution in [1.82, 2.24) is 10.3 Å². The Bertz CT molecular complexity index is 522. The van der Waals surface area contributed by atoms with Crippen LogP contribution in [0.4, 0.5) is 0 Å². The zero-order valence-corrected chi connectivity index (χ0v) is 12.3. The van der Waals surface area contributed by atoms with Crippen LogP contribution in [-0.4, -0.2) is 28.6 Å². The zero-order valence-electron chi connectivity index (χ0n) is 10.6. The third-order valence-corrected chi connectivity index (χ3v) is 4.58. The topological polar surface area (TPSA) is 62.2 Å². The van der Waals surface area contributed by atoms with E-state index in [4.69, 9.17) is 0 Å². The molecule has 2 aromatic rings. The minimum atomic E-state index is -0.350. The van der Waals surface area contributed by atoms with Crippen LogP contribution in [0.1, 0.15) is 30.3 Å². The average molecular weight is 296 g/mol. The molecule has 0 aliphatic heterocycles. The van der Waals surface area contributed by atoms with E-state index in [1.807, 2.05) is 24.4 Å². The van der Waals surface area contributed by atoms with Crippen molar-refractivity contribution in [3.05, 3.63) is 28.6 Å². The van der Waals surface area contributed by atoms with Crippen LogP contribution in [0.15, 0.2) is 22.9 Å². The molecule has 1 atom stereocenters. The molecule has 6 heteroatoms. The van der Waals surface area contributed by atoms with Gasteiger partial charge in [0, 0.05) is 11.9 Å². The Balaban J connectivity index is 1.90. The molecule has 0 fully saturated rings. The monoisotopic (exact) mass is 296 g/mol. The van der Waals surface area contributed by atoms with Crippen molar-refractivity contribution >= 4 is 28.6 Å². The van der Waals surface area contributed by atoms with E-state index in [2.05, 4.69) is 10.3 Å². The first kappa shape index (κ1) is 14.2. The fourth-order valence-electron chi connectivity index (χ4n) is 1.54. The van der Waals surface area contributed by atoms with E-state index in [0.29, 0.717) is 25.1 Å². The van der Waals surface area contributed by atoms with Crippen molar-refractivity contribution in [2.45, 2.75) is 25.9 Å². The van der Waals surface area contributed by atoms with E-state index >= 15 is 0 Å². The number of nitrogens with zero attached hydrogens (tertiary/aromatic N) is 1. The Morgan fingerprint density at radius 3 is 3.05 bits per heavy atom. The summed E-state index contributed by atoms with van der Waals surface area (Å²) in [7, 11) is 0. The van der Waals surface area contributed by atoms with E-state index in [9.17, 15) is 9.90 Å². The van der Waals surface area contributed by atoms with Crippen molar-refractivity contribution in [2.75, 3.05) is 6.54 Å². The molecule has 2 N–H and O–H groups in total. The highest BCUT2D eigenvalue weighted by molar-refractivity contribution is 7.20. The van der Waals surface area contributed by atoms with Crippen LogP contribution in [0.2, 0.25) is 0 Å². The Labute approximate surface area is 120 Å². The third-order valence-electron chi connectivity index (χ3n) is 2.70. The van der Waals surface area contributed by atoms with Gasteiger partial charge in [0.25, 0.3) is 5.91 Å². The van der Waals surface area contributed by atoms with E-state index in [0.717, 1.165) is 9.88 Å². The van der Waals surface area contributed by atoms with Gasteiger partial charge in [-0.15, -0.1) is 22.7 Å². The van der Waals surface area contributed by atoms with Gasteiger partial charge >= 0.3 is 0 Å². The second-order valence-electron chi connectivity index (χ2n) is 4.12. The number of amides is 1. The third kappa shape index (κ3) is 3.86. The number of rotatable bonds is 6. The molecule has 2 rings (SSSR count). The number of carbonyl (C=O) groups excluding carboxylic acids is 1. The first-order valence-electron chi connectivity index (χ1n) is 6.16.